The normalized spacial score (nSPS) is 15.0. The zero-order valence-corrected chi connectivity index (χ0v) is 14.2. The molecule has 6 heteroatoms. The zero-order chi connectivity index (χ0) is 17.0. The van der Waals surface area contributed by atoms with Crippen LogP contribution in [0.25, 0.3) is 0 Å². The monoisotopic (exact) mass is 348 g/mol. The van der Waals surface area contributed by atoms with Gasteiger partial charge < -0.3 is 4.90 Å². The summed E-state index contributed by atoms with van der Waals surface area (Å²) >= 11 is 0. The molecule has 0 atom stereocenters. The number of halogens is 1. The molecule has 1 heterocycles. The Morgan fingerprint density at radius 2 is 1.79 bits per heavy atom. The van der Waals surface area contributed by atoms with E-state index >= 15 is 0 Å². The minimum atomic E-state index is -3.53. The largest absolute Gasteiger partial charge is 0.371 e. The van der Waals surface area contributed by atoms with Crippen molar-refractivity contribution in [3.63, 3.8) is 0 Å². The highest BCUT2D eigenvalue weighted by atomic mass is 32.2. The molecule has 0 saturated carbocycles. The molecule has 0 unspecified atom stereocenters. The maximum Gasteiger partial charge on any atom is 0.216 e. The van der Waals surface area contributed by atoms with Crippen LogP contribution in [0.1, 0.15) is 24.0 Å². The Morgan fingerprint density at radius 3 is 2.54 bits per heavy atom. The first-order chi connectivity index (χ1) is 11.5. The lowest BCUT2D eigenvalue weighted by atomic mass is 10.1. The van der Waals surface area contributed by atoms with Crippen LogP contribution in [-0.2, 0) is 22.3 Å². The first-order valence-electron chi connectivity index (χ1n) is 8.08. The van der Waals surface area contributed by atoms with Gasteiger partial charge in [0.15, 0.2) is 0 Å². The SMILES string of the molecule is O=S(=O)(Cc1cccc(F)c1)NCc1ccccc1N1CCCC1. The summed E-state index contributed by atoms with van der Waals surface area (Å²) in [5, 5.41) is 0. The van der Waals surface area contributed by atoms with E-state index in [2.05, 4.69) is 9.62 Å². The highest BCUT2D eigenvalue weighted by Crippen LogP contribution is 2.24. The molecule has 0 aromatic heterocycles. The molecule has 1 fully saturated rings. The van der Waals surface area contributed by atoms with Crippen LogP contribution in [0.3, 0.4) is 0 Å². The van der Waals surface area contributed by atoms with Crippen molar-refractivity contribution in [3.05, 3.63) is 65.5 Å². The molecule has 0 amide bonds. The van der Waals surface area contributed by atoms with Crippen molar-refractivity contribution in [2.24, 2.45) is 0 Å². The van der Waals surface area contributed by atoms with E-state index in [0.717, 1.165) is 24.3 Å². The molecule has 4 nitrogen and oxygen atoms in total. The first-order valence-corrected chi connectivity index (χ1v) is 9.73. The van der Waals surface area contributed by atoms with E-state index < -0.39 is 15.8 Å². The van der Waals surface area contributed by atoms with Gasteiger partial charge in [0.05, 0.1) is 5.75 Å². The minimum absolute atomic E-state index is 0.226. The quantitative estimate of drug-likeness (QED) is 0.873. The van der Waals surface area contributed by atoms with Crippen LogP contribution in [0.5, 0.6) is 0 Å². The molecule has 2 aromatic rings. The Morgan fingerprint density at radius 1 is 1.04 bits per heavy atom. The standard InChI is InChI=1S/C18H21FN2O2S/c19-17-8-5-6-15(12-17)14-24(22,23)20-13-16-7-1-2-9-18(16)21-10-3-4-11-21/h1-2,5-9,12,20H,3-4,10-11,13-14H2. The number of nitrogens with one attached hydrogen (secondary N) is 1. The summed E-state index contributed by atoms with van der Waals surface area (Å²) in [7, 11) is -3.53. The lowest BCUT2D eigenvalue weighted by Crippen LogP contribution is -2.26. The third-order valence-electron chi connectivity index (χ3n) is 4.17. The van der Waals surface area contributed by atoms with Gasteiger partial charge in [0, 0.05) is 25.3 Å². The zero-order valence-electron chi connectivity index (χ0n) is 13.4. The van der Waals surface area contributed by atoms with Crippen molar-refractivity contribution in [2.75, 3.05) is 18.0 Å². The summed E-state index contributed by atoms with van der Waals surface area (Å²) in [4.78, 5) is 2.29. The van der Waals surface area contributed by atoms with E-state index in [-0.39, 0.29) is 12.3 Å². The van der Waals surface area contributed by atoms with E-state index in [0.29, 0.717) is 5.56 Å². The number of hydrogen-bond acceptors (Lipinski definition) is 3. The van der Waals surface area contributed by atoms with Gasteiger partial charge in [-0.3, -0.25) is 0 Å². The van der Waals surface area contributed by atoms with Crippen molar-refractivity contribution >= 4 is 15.7 Å². The number of sulfonamides is 1. The van der Waals surface area contributed by atoms with E-state index in [1.54, 1.807) is 6.07 Å². The fourth-order valence-corrected chi connectivity index (χ4v) is 4.11. The predicted octanol–water partition coefficient (Wildman–Crippen LogP) is 3.05. The maximum absolute atomic E-state index is 13.2. The third kappa shape index (κ3) is 4.33. The summed E-state index contributed by atoms with van der Waals surface area (Å²) < 4.78 is 40.4. The van der Waals surface area contributed by atoms with Gasteiger partial charge in [0.1, 0.15) is 5.82 Å². The second-order valence-electron chi connectivity index (χ2n) is 6.03. The second kappa shape index (κ2) is 7.32. The smallest absolute Gasteiger partial charge is 0.216 e. The van der Waals surface area contributed by atoms with Crippen LogP contribution in [0, 0.1) is 5.82 Å². The first kappa shape index (κ1) is 16.9. The molecule has 24 heavy (non-hydrogen) atoms. The van der Waals surface area contributed by atoms with Crippen LogP contribution in [0.15, 0.2) is 48.5 Å². The number of anilines is 1. The molecule has 0 bridgehead atoms. The molecular formula is C18H21FN2O2S. The van der Waals surface area contributed by atoms with Crippen LogP contribution in [0.2, 0.25) is 0 Å². The second-order valence-corrected chi connectivity index (χ2v) is 7.84. The minimum Gasteiger partial charge on any atom is -0.371 e. The molecule has 3 rings (SSSR count). The Bertz CT molecular complexity index is 802. The Hall–Kier alpha value is -1.92. The van der Waals surface area contributed by atoms with E-state index in [9.17, 15) is 12.8 Å². The Labute approximate surface area is 142 Å². The summed E-state index contributed by atoms with van der Waals surface area (Å²) in [5.74, 6) is -0.654. The predicted molar refractivity (Wildman–Crippen MR) is 93.8 cm³/mol. The van der Waals surface area contributed by atoms with Crippen molar-refractivity contribution in [1.29, 1.82) is 0 Å². The fourth-order valence-electron chi connectivity index (χ4n) is 3.01. The molecule has 1 aliphatic rings. The number of nitrogens with zero attached hydrogens (tertiary/aromatic N) is 1. The summed E-state index contributed by atoms with van der Waals surface area (Å²) in [6.07, 6.45) is 2.33. The van der Waals surface area contributed by atoms with Crippen molar-refractivity contribution < 1.29 is 12.8 Å². The van der Waals surface area contributed by atoms with Gasteiger partial charge in [-0.1, -0.05) is 30.3 Å². The van der Waals surface area contributed by atoms with Crippen LogP contribution in [0.4, 0.5) is 10.1 Å². The summed E-state index contributed by atoms with van der Waals surface area (Å²) in [6, 6.07) is 13.5. The molecule has 128 valence electrons. The fraction of sp³-hybridized carbons (Fsp3) is 0.333. The Balaban J connectivity index is 1.68. The van der Waals surface area contributed by atoms with Gasteiger partial charge in [-0.25, -0.2) is 17.5 Å². The van der Waals surface area contributed by atoms with Crippen molar-refractivity contribution in [3.8, 4) is 0 Å². The lowest BCUT2D eigenvalue weighted by molar-refractivity contribution is 0.580. The van der Waals surface area contributed by atoms with Gasteiger partial charge in [0.2, 0.25) is 10.0 Å². The Kier molecular flexibility index (Phi) is 5.16. The molecule has 0 spiro atoms. The highest BCUT2D eigenvalue weighted by Gasteiger charge is 2.17. The van der Waals surface area contributed by atoms with Gasteiger partial charge in [-0.05, 0) is 42.2 Å². The number of rotatable bonds is 6. The molecule has 1 saturated heterocycles. The summed E-state index contributed by atoms with van der Waals surface area (Å²) in [5.41, 5.74) is 2.49. The van der Waals surface area contributed by atoms with Gasteiger partial charge in [-0.2, -0.15) is 0 Å². The maximum atomic E-state index is 13.2. The average Bonchev–Trinajstić information content (AvgIpc) is 3.07. The molecule has 2 aromatic carbocycles. The van der Waals surface area contributed by atoms with Crippen LogP contribution < -0.4 is 9.62 Å². The van der Waals surface area contributed by atoms with E-state index in [1.165, 1.54) is 31.0 Å². The van der Waals surface area contributed by atoms with Crippen LogP contribution >= 0.6 is 0 Å². The van der Waals surface area contributed by atoms with Gasteiger partial charge in [-0.15, -0.1) is 0 Å². The summed E-state index contributed by atoms with van der Waals surface area (Å²) in [6.45, 7) is 2.25. The molecular weight excluding hydrogens is 327 g/mol. The van der Waals surface area contributed by atoms with Crippen LogP contribution in [-0.4, -0.2) is 21.5 Å². The van der Waals surface area contributed by atoms with Gasteiger partial charge >= 0.3 is 0 Å². The lowest BCUT2D eigenvalue weighted by Gasteiger charge is -2.21. The van der Waals surface area contributed by atoms with E-state index in [1.807, 2.05) is 24.3 Å². The highest BCUT2D eigenvalue weighted by molar-refractivity contribution is 7.88. The van der Waals surface area contributed by atoms with Gasteiger partial charge in [0.25, 0.3) is 0 Å². The number of hydrogen-bond donors (Lipinski definition) is 1. The number of benzene rings is 2. The van der Waals surface area contributed by atoms with Crippen molar-refractivity contribution in [1.82, 2.24) is 4.72 Å². The molecule has 0 radical (unpaired) electrons. The molecule has 0 aliphatic carbocycles. The topological polar surface area (TPSA) is 49.4 Å². The van der Waals surface area contributed by atoms with Crippen molar-refractivity contribution in [2.45, 2.75) is 25.1 Å². The average molecular weight is 348 g/mol. The molecule has 1 N–H and O–H groups in total. The number of para-hydroxylation sites is 1. The third-order valence-corrected chi connectivity index (χ3v) is 5.46. The molecule has 1 aliphatic heterocycles. The van der Waals surface area contributed by atoms with E-state index in [4.69, 9.17) is 0 Å².